The van der Waals surface area contributed by atoms with Crippen molar-refractivity contribution in [3.8, 4) is 0 Å². The first-order chi connectivity index (χ1) is 9.27. The minimum atomic E-state index is 0.149. The van der Waals surface area contributed by atoms with E-state index in [4.69, 9.17) is 11.6 Å². The van der Waals surface area contributed by atoms with Crippen molar-refractivity contribution < 1.29 is 4.79 Å². The van der Waals surface area contributed by atoms with Gasteiger partial charge in [0.15, 0.2) is 5.78 Å². The molecule has 0 aromatic carbocycles. The van der Waals surface area contributed by atoms with Gasteiger partial charge in [-0.3, -0.25) is 9.78 Å². The molecule has 0 spiro atoms. The van der Waals surface area contributed by atoms with Crippen LogP contribution in [0.1, 0.15) is 68.1 Å². The quantitative estimate of drug-likeness (QED) is 0.538. The number of hydrogen-bond acceptors (Lipinski definition) is 2. The van der Waals surface area contributed by atoms with Crippen molar-refractivity contribution in [2.75, 3.05) is 0 Å². The van der Waals surface area contributed by atoms with E-state index in [2.05, 4.69) is 4.98 Å². The highest BCUT2D eigenvalue weighted by Crippen LogP contribution is 2.28. The van der Waals surface area contributed by atoms with Gasteiger partial charge >= 0.3 is 0 Å². The Balaban J connectivity index is 1.68. The third-order valence-electron chi connectivity index (χ3n) is 4.06. The fourth-order valence-corrected chi connectivity index (χ4v) is 3.16. The smallest absolute Gasteiger partial charge is 0.164 e. The molecule has 1 saturated carbocycles. The van der Waals surface area contributed by atoms with Gasteiger partial charge in [-0.05, 0) is 18.4 Å². The highest BCUT2D eigenvalue weighted by molar-refractivity contribution is 6.33. The van der Waals surface area contributed by atoms with Crippen LogP contribution in [0.5, 0.6) is 0 Å². The van der Waals surface area contributed by atoms with Gasteiger partial charge in [-0.25, -0.2) is 0 Å². The Labute approximate surface area is 120 Å². The van der Waals surface area contributed by atoms with Crippen molar-refractivity contribution in [2.45, 2.75) is 57.8 Å². The topological polar surface area (TPSA) is 30.0 Å². The second kappa shape index (κ2) is 7.64. The van der Waals surface area contributed by atoms with Gasteiger partial charge in [0.25, 0.3) is 0 Å². The highest BCUT2D eigenvalue weighted by atomic mass is 35.5. The lowest BCUT2D eigenvalue weighted by Gasteiger charge is -2.21. The summed E-state index contributed by atoms with van der Waals surface area (Å²) in [6, 6.07) is 1.71. The normalized spacial score (nSPS) is 16.5. The minimum absolute atomic E-state index is 0.149. The molecule has 0 N–H and O–H groups in total. The number of unbranched alkanes of at least 4 members (excludes halogenated alkanes) is 1. The van der Waals surface area contributed by atoms with Gasteiger partial charge in [0.2, 0.25) is 0 Å². The van der Waals surface area contributed by atoms with Gasteiger partial charge in [-0.2, -0.15) is 0 Å². The van der Waals surface area contributed by atoms with Gasteiger partial charge in [-0.1, -0.05) is 56.5 Å². The third-order valence-corrected chi connectivity index (χ3v) is 4.37. The molecule has 3 heteroatoms. The zero-order valence-electron chi connectivity index (χ0n) is 11.4. The molecule has 1 heterocycles. The molecule has 0 bridgehead atoms. The molecule has 0 aliphatic heterocycles. The Morgan fingerprint density at radius 3 is 2.79 bits per heavy atom. The minimum Gasteiger partial charge on any atom is -0.294 e. The van der Waals surface area contributed by atoms with E-state index in [0.29, 0.717) is 17.0 Å². The molecule has 1 aliphatic rings. The molecule has 1 aliphatic carbocycles. The predicted octanol–water partition coefficient (Wildman–Crippen LogP) is 5.06. The standard InChI is InChI=1S/C16H22ClNO/c17-15-12-18-11-10-14(15)16(19)9-5-4-8-13-6-2-1-3-7-13/h10-13H,1-9H2. The maximum atomic E-state index is 12.0. The zero-order chi connectivity index (χ0) is 13.5. The maximum Gasteiger partial charge on any atom is 0.164 e. The maximum absolute atomic E-state index is 12.0. The predicted molar refractivity (Wildman–Crippen MR) is 78.6 cm³/mol. The van der Waals surface area contributed by atoms with Gasteiger partial charge < -0.3 is 0 Å². The molecule has 2 nitrogen and oxygen atoms in total. The Morgan fingerprint density at radius 1 is 1.26 bits per heavy atom. The Hall–Kier alpha value is -0.890. The molecule has 0 atom stereocenters. The van der Waals surface area contributed by atoms with Crippen molar-refractivity contribution in [1.82, 2.24) is 4.98 Å². The number of halogens is 1. The molecule has 2 rings (SSSR count). The number of hydrogen-bond donors (Lipinski definition) is 0. The fourth-order valence-electron chi connectivity index (χ4n) is 2.93. The number of rotatable bonds is 6. The Bertz CT molecular complexity index is 413. The summed E-state index contributed by atoms with van der Waals surface area (Å²) in [5, 5.41) is 0.472. The van der Waals surface area contributed by atoms with Crippen molar-refractivity contribution in [1.29, 1.82) is 0 Å². The molecule has 0 saturated heterocycles. The first kappa shape index (κ1) is 14.5. The summed E-state index contributed by atoms with van der Waals surface area (Å²) in [4.78, 5) is 15.9. The van der Waals surface area contributed by atoms with Crippen LogP contribution in [0.25, 0.3) is 0 Å². The fraction of sp³-hybridized carbons (Fsp3) is 0.625. The van der Waals surface area contributed by atoms with E-state index >= 15 is 0 Å². The molecule has 104 valence electrons. The van der Waals surface area contributed by atoms with E-state index in [9.17, 15) is 4.79 Å². The summed E-state index contributed by atoms with van der Waals surface area (Å²) < 4.78 is 0. The summed E-state index contributed by atoms with van der Waals surface area (Å²) in [5.41, 5.74) is 0.620. The number of Topliss-reactive ketones (excluding diaryl/α,β-unsaturated/α-hetero) is 1. The number of carbonyl (C=O) groups excluding carboxylic acids is 1. The van der Waals surface area contributed by atoms with Crippen molar-refractivity contribution >= 4 is 17.4 Å². The lowest BCUT2D eigenvalue weighted by molar-refractivity contribution is 0.0978. The molecular weight excluding hydrogens is 258 g/mol. The average Bonchev–Trinajstić information content (AvgIpc) is 2.45. The number of ketones is 1. The lowest BCUT2D eigenvalue weighted by Crippen LogP contribution is -2.06. The van der Waals surface area contributed by atoms with E-state index in [-0.39, 0.29) is 5.78 Å². The molecule has 0 unspecified atom stereocenters. The van der Waals surface area contributed by atoms with Crippen LogP contribution in [0.3, 0.4) is 0 Å². The van der Waals surface area contributed by atoms with Crippen LogP contribution < -0.4 is 0 Å². The van der Waals surface area contributed by atoms with Crippen LogP contribution in [-0.4, -0.2) is 10.8 Å². The van der Waals surface area contributed by atoms with Crippen LogP contribution in [0, 0.1) is 5.92 Å². The summed E-state index contributed by atoms with van der Waals surface area (Å²) >= 11 is 5.97. The number of aromatic nitrogens is 1. The summed E-state index contributed by atoms with van der Waals surface area (Å²) in [6.07, 6.45) is 14.2. The largest absolute Gasteiger partial charge is 0.294 e. The van der Waals surface area contributed by atoms with Crippen LogP contribution in [0.4, 0.5) is 0 Å². The average molecular weight is 280 g/mol. The third kappa shape index (κ3) is 4.61. The summed E-state index contributed by atoms with van der Waals surface area (Å²) in [6.45, 7) is 0. The van der Waals surface area contributed by atoms with E-state index < -0.39 is 0 Å². The summed E-state index contributed by atoms with van der Waals surface area (Å²) in [5.74, 6) is 1.06. The second-order valence-corrected chi connectivity index (χ2v) is 5.94. The molecule has 0 amide bonds. The van der Waals surface area contributed by atoms with Crippen molar-refractivity contribution in [2.24, 2.45) is 5.92 Å². The molecule has 19 heavy (non-hydrogen) atoms. The molecule has 0 radical (unpaired) electrons. The van der Waals surface area contributed by atoms with Crippen molar-refractivity contribution in [3.63, 3.8) is 0 Å². The van der Waals surface area contributed by atoms with Gasteiger partial charge in [0, 0.05) is 24.4 Å². The molecule has 1 fully saturated rings. The first-order valence-electron chi connectivity index (χ1n) is 7.40. The number of carbonyl (C=O) groups is 1. The van der Waals surface area contributed by atoms with Gasteiger partial charge in [-0.15, -0.1) is 0 Å². The Morgan fingerprint density at radius 2 is 2.05 bits per heavy atom. The first-order valence-corrected chi connectivity index (χ1v) is 7.78. The van der Waals surface area contributed by atoms with E-state index in [0.717, 1.165) is 12.3 Å². The molecule has 1 aromatic rings. The van der Waals surface area contributed by atoms with Crippen molar-refractivity contribution in [3.05, 3.63) is 29.0 Å². The number of nitrogens with zero attached hydrogens (tertiary/aromatic N) is 1. The van der Waals surface area contributed by atoms with Crippen LogP contribution in [-0.2, 0) is 0 Å². The van der Waals surface area contributed by atoms with Crippen LogP contribution in [0.2, 0.25) is 5.02 Å². The summed E-state index contributed by atoms with van der Waals surface area (Å²) in [7, 11) is 0. The highest BCUT2D eigenvalue weighted by Gasteiger charge is 2.14. The van der Waals surface area contributed by atoms with Gasteiger partial charge in [0.05, 0.1) is 5.02 Å². The number of pyridine rings is 1. The molecular formula is C16H22ClNO. The SMILES string of the molecule is O=C(CCCCC1CCCCC1)c1ccncc1Cl. The van der Waals surface area contributed by atoms with E-state index in [1.54, 1.807) is 12.3 Å². The Kier molecular flexibility index (Phi) is 5.84. The van der Waals surface area contributed by atoms with E-state index in [1.165, 1.54) is 51.1 Å². The monoisotopic (exact) mass is 279 g/mol. The van der Waals surface area contributed by atoms with E-state index in [1.807, 2.05) is 0 Å². The zero-order valence-corrected chi connectivity index (χ0v) is 12.2. The second-order valence-electron chi connectivity index (χ2n) is 5.53. The van der Waals surface area contributed by atoms with Crippen LogP contribution in [0.15, 0.2) is 18.5 Å². The molecule has 1 aromatic heterocycles. The van der Waals surface area contributed by atoms with Gasteiger partial charge in [0.1, 0.15) is 0 Å². The lowest BCUT2D eigenvalue weighted by atomic mass is 9.85. The van der Waals surface area contributed by atoms with Crippen LogP contribution >= 0.6 is 11.6 Å².